The minimum atomic E-state index is -3.92. The van der Waals surface area contributed by atoms with E-state index in [1.807, 2.05) is 11.8 Å². The topological polar surface area (TPSA) is 145 Å². The van der Waals surface area contributed by atoms with E-state index in [-0.39, 0.29) is 45.1 Å². The molecule has 2 fully saturated rings. The maximum Gasteiger partial charge on any atom is 0.270 e. The predicted molar refractivity (Wildman–Crippen MR) is 168 cm³/mol. The second-order valence-corrected chi connectivity index (χ2v) is 13.4. The van der Waals surface area contributed by atoms with Crippen LogP contribution < -0.4 is 20.4 Å². The Balaban J connectivity index is 1.60. The average molecular weight is 639 g/mol. The first kappa shape index (κ1) is 30.4. The van der Waals surface area contributed by atoms with Gasteiger partial charge in [0.15, 0.2) is 5.82 Å². The minimum Gasteiger partial charge on any atom is -0.386 e. The molecule has 2 atom stereocenters. The normalized spacial score (nSPS) is 19.0. The quantitative estimate of drug-likeness (QED) is 0.260. The summed E-state index contributed by atoms with van der Waals surface area (Å²) in [5, 5.41) is 3.09. The molecular weight excluding hydrogens is 606 g/mol. The van der Waals surface area contributed by atoms with Gasteiger partial charge in [-0.3, -0.25) is 9.59 Å². The zero-order valence-electron chi connectivity index (χ0n) is 25.1. The number of nitrogens with one attached hydrogen (secondary N) is 3. The largest absolute Gasteiger partial charge is 0.386 e. The highest BCUT2D eigenvalue weighted by molar-refractivity contribution is 7.89. The number of aromatic amines is 1. The number of hydrogen-bond donors (Lipinski definition) is 3. The Morgan fingerprint density at radius 3 is 2.67 bits per heavy atom. The predicted octanol–water partition coefficient (Wildman–Crippen LogP) is 2.49. The van der Waals surface area contributed by atoms with Crippen molar-refractivity contribution in [2.24, 2.45) is 13.0 Å². The highest BCUT2D eigenvalue weighted by atomic mass is 32.2. The van der Waals surface area contributed by atoms with Crippen LogP contribution in [-0.2, 0) is 17.1 Å². The Kier molecular flexibility index (Phi) is 7.48. The number of H-pyrrole nitrogens is 1. The van der Waals surface area contributed by atoms with E-state index in [4.69, 9.17) is 0 Å². The van der Waals surface area contributed by atoms with Crippen molar-refractivity contribution in [2.45, 2.75) is 12.5 Å². The van der Waals surface area contributed by atoms with Crippen molar-refractivity contribution in [3.8, 4) is 11.1 Å². The summed E-state index contributed by atoms with van der Waals surface area (Å²) in [7, 11) is 1.25. The number of nitrogens with zero attached hydrogens (tertiary/aromatic N) is 5. The number of amides is 1. The molecule has 0 unspecified atom stereocenters. The van der Waals surface area contributed by atoms with Gasteiger partial charge in [0, 0.05) is 69.5 Å². The van der Waals surface area contributed by atoms with Gasteiger partial charge >= 0.3 is 0 Å². The lowest BCUT2D eigenvalue weighted by Gasteiger charge is -2.29. The Morgan fingerprint density at radius 2 is 1.98 bits per heavy atom. The van der Waals surface area contributed by atoms with Gasteiger partial charge in [0.05, 0.1) is 28.4 Å². The molecule has 0 radical (unpaired) electrons. The lowest BCUT2D eigenvalue weighted by Crippen LogP contribution is -2.35. The molecule has 0 aromatic carbocycles. The molecule has 2 aliphatic rings. The van der Waals surface area contributed by atoms with Gasteiger partial charge in [0.25, 0.3) is 5.91 Å². The van der Waals surface area contributed by atoms with Crippen LogP contribution in [0.4, 0.5) is 14.5 Å². The maximum atomic E-state index is 16.5. The minimum absolute atomic E-state index is 0.0172. The maximum absolute atomic E-state index is 16.5. The van der Waals surface area contributed by atoms with Crippen LogP contribution in [0.15, 0.2) is 47.9 Å². The summed E-state index contributed by atoms with van der Waals surface area (Å²) in [5.74, 6) is -2.08. The molecule has 12 nitrogen and oxygen atoms in total. The molecule has 2 saturated heterocycles. The van der Waals surface area contributed by atoms with Gasteiger partial charge in [-0.2, -0.15) is 0 Å². The van der Waals surface area contributed by atoms with Crippen LogP contribution in [0, 0.1) is 11.7 Å². The molecule has 1 amide bonds. The molecule has 236 valence electrons. The van der Waals surface area contributed by atoms with Crippen molar-refractivity contribution in [3.63, 3.8) is 0 Å². The standard InChI is InChI=1S/C30H32F2N8O4S/c1-15(31)8-21(33-2)25-24(32)23-26(40-7-6-16-12-38(3)14-22(16)40)19(11-34-28(23)36-25)17-9-18-27(41)20(30(42)37-45(5,43)44)13-39(4)29(18)35-10-17/h8-11,13,16,22,33H,1,6-7,12,14H2,2-5H3,(H,34,36)(H,37,42)/b21-8+/t16-,22+/m0/s1. The number of sulfonamides is 1. The number of likely N-dealkylation sites (N-methyl/N-ethyl adjacent to an activating group) is 1. The van der Waals surface area contributed by atoms with E-state index in [1.165, 1.54) is 10.8 Å². The molecule has 15 heteroatoms. The molecule has 0 bridgehead atoms. The first-order chi connectivity index (χ1) is 21.3. The van der Waals surface area contributed by atoms with E-state index in [0.717, 1.165) is 31.8 Å². The average Bonchev–Trinajstić information content (AvgIpc) is 3.63. The van der Waals surface area contributed by atoms with Gasteiger partial charge in [-0.05, 0) is 31.5 Å². The van der Waals surface area contributed by atoms with Crippen LogP contribution in [0.5, 0.6) is 0 Å². The number of allylic oxidation sites excluding steroid dienone is 2. The van der Waals surface area contributed by atoms with E-state index in [2.05, 4.69) is 36.6 Å². The van der Waals surface area contributed by atoms with Crippen molar-refractivity contribution in [1.29, 1.82) is 0 Å². The summed E-state index contributed by atoms with van der Waals surface area (Å²) in [6.45, 7) is 5.60. The Hall–Kier alpha value is -4.63. The second-order valence-electron chi connectivity index (χ2n) is 11.6. The number of aromatic nitrogens is 4. The Morgan fingerprint density at radius 1 is 1.22 bits per heavy atom. The van der Waals surface area contributed by atoms with Gasteiger partial charge in [-0.15, -0.1) is 0 Å². The fourth-order valence-electron chi connectivity index (χ4n) is 6.57. The van der Waals surface area contributed by atoms with Gasteiger partial charge in [-0.1, -0.05) is 6.58 Å². The summed E-state index contributed by atoms with van der Waals surface area (Å²) in [6, 6.07) is 1.65. The molecule has 0 aliphatic carbocycles. The van der Waals surface area contributed by atoms with Crippen molar-refractivity contribution >= 4 is 49.4 Å². The number of likely N-dealkylation sites (tertiary alicyclic amines) is 1. The SMILES string of the molecule is C=C(F)/C=C(/NC)c1[nH]c2ncc(-c3cnc4c(c3)c(=O)c(C(=O)NS(C)(=O)=O)cn4C)c(N3CC[C@H]4CN(C)C[C@H]43)c2c1F. The molecule has 45 heavy (non-hydrogen) atoms. The van der Waals surface area contributed by atoms with Crippen molar-refractivity contribution < 1.29 is 22.0 Å². The van der Waals surface area contributed by atoms with Crippen molar-refractivity contribution in [2.75, 3.05) is 44.9 Å². The third kappa shape index (κ3) is 5.35. The third-order valence-electron chi connectivity index (χ3n) is 8.44. The fraction of sp³-hybridized carbons (Fsp3) is 0.333. The summed E-state index contributed by atoms with van der Waals surface area (Å²) in [6.07, 6.45) is 7.17. The number of anilines is 1. The first-order valence-electron chi connectivity index (χ1n) is 14.2. The number of pyridine rings is 3. The first-order valence-corrected chi connectivity index (χ1v) is 16.1. The van der Waals surface area contributed by atoms with Gasteiger partial charge in [-0.25, -0.2) is 31.9 Å². The molecule has 4 aromatic rings. The van der Waals surface area contributed by atoms with Crippen molar-refractivity contribution in [3.05, 3.63) is 70.4 Å². The van der Waals surface area contributed by atoms with Crippen LogP contribution in [0.1, 0.15) is 22.5 Å². The van der Waals surface area contributed by atoms with Crippen LogP contribution in [0.25, 0.3) is 38.9 Å². The zero-order chi connectivity index (χ0) is 32.4. The molecule has 0 spiro atoms. The molecule has 6 rings (SSSR count). The van der Waals surface area contributed by atoms with Gasteiger partial charge in [0.2, 0.25) is 15.5 Å². The second kappa shape index (κ2) is 11.1. The molecule has 3 N–H and O–H groups in total. The smallest absolute Gasteiger partial charge is 0.270 e. The van der Waals surface area contributed by atoms with Crippen LogP contribution >= 0.6 is 0 Å². The molecule has 4 aromatic heterocycles. The van der Waals surface area contributed by atoms with E-state index in [1.54, 1.807) is 32.6 Å². The van der Waals surface area contributed by atoms with Crippen LogP contribution in [-0.4, -0.2) is 84.8 Å². The molecular formula is C30H32F2N8O4S. The lowest BCUT2D eigenvalue weighted by molar-refractivity contribution is 0.0980. The molecule has 0 saturated carbocycles. The number of carbonyl (C=O) groups is 1. The van der Waals surface area contributed by atoms with E-state index < -0.39 is 33.0 Å². The number of hydrogen-bond acceptors (Lipinski definition) is 9. The number of rotatable bonds is 7. The van der Waals surface area contributed by atoms with E-state index in [0.29, 0.717) is 29.3 Å². The number of carbonyl (C=O) groups excluding carboxylic acids is 1. The summed E-state index contributed by atoms with van der Waals surface area (Å²) >= 11 is 0. The highest BCUT2D eigenvalue weighted by Gasteiger charge is 2.42. The number of halogens is 2. The van der Waals surface area contributed by atoms with E-state index in [9.17, 15) is 22.4 Å². The highest BCUT2D eigenvalue weighted by Crippen LogP contribution is 2.44. The Bertz CT molecular complexity index is 2110. The summed E-state index contributed by atoms with van der Waals surface area (Å²) in [4.78, 5) is 42.7. The Labute approximate surface area is 257 Å². The molecule has 2 aliphatic heterocycles. The van der Waals surface area contributed by atoms with Gasteiger partial charge in [0.1, 0.15) is 28.4 Å². The number of aryl methyl sites for hydroxylation is 1. The lowest BCUT2D eigenvalue weighted by atomic mass is 10.0. The summed E-state index contributed by atoms with van der Waals surface area (Å²) < 4.78 is 57.0. The number of fused-ring (bicyclic) bond motifs is 3. The third-order valence-corrected chi connectivity index (χ3v) is 8.99. The summed E-state index contributed by atoms with van der Waals surface area (Å²) in [5.41, 5.74) is 1.12. The zero-order valence-corrected chi connectivity index (χ0v) is 25.9. The molecule has 6 heterocycles. The van der Waals surface area contributed by atoms with Crippen LogP contribution in [0.3, 0.4) is 0 Å². The van der Waals surface area contributed by atoms with Crippen LogP contribution in [0.2, 0.25) is 0 Å². The van der Waals surface area contributed by atoms with Crippen molar-refractivity contribution in [1.82, 2.24) is 34.5 Å². The monoisotopic (exact) mass is 638 g/mol. The van der Waals surface area contributed by atoms with Gasteiger partial charge < -0.3 is 24.7 Å². The van der Waals surface area contributed by atoms with E-state index >= 15 is 4.39 Å². The fourth-order valence-corrected chi connectivity index (χ4v) is 7.02.